The minimum absolute atomic E-state index is 0.0149. The lowest BCUT2D eigenvalue weighted by atomic mass is 10.1. The minimum atomic E-state index is 0.0149. The lowest BCUT2D eigenvalue weighted by Crippen LogP contribution is -2.14. The van der Waals surface area contributed by atoms with Crippen molar-refractivity contribution in [1.82, 2.24) is 0 Å². The van der Waals surface area contributed by atoms with Gasteiger partial charge in [-0.3, -0.25) is 4.79 Å². The Kier molecular flexibility index (Phi) is 6.71. The summed E-state index contributed by atoms with van der Waals surface area (Å²) in [5.41, 5.74) is 1.84. The monoisotopic (exact) mass is 283 g/mol. The predicted octanol–water partition coefficient (Wildman–Crippen LogP) is 3.85. The molecule has 1 aromatic carbocycles. The van der Waals surface area contributed by atoms with Crippen molar-refractivity contribution in [3.05, 3.63) is 23.8 Å². The van der Waals surface area contributed by atoms with Crippen molar-refractivity contribution in [2.75, 3.05) is 17.8 Å². The van der Waals surface area contributed by atoms with Crippen molar-refractivity contribution < 1.29 is 9.53 Å². The van der Waals surface area contributed by atoms with Crippen LogP contribution < -0.4 is 10.1 Å². The van der Waals surface area contributed by atoms with Gasteiger partial charge in [-0.2, -0.15) is 0 Å². The number of rotatable bonds is 7. The van der Waals surface area contributed by atoms with Gasteiger partial charge < -0.3 is 10.1 Å². The highest BCUT2D eigenvalue weighted by atomic mass is 35.5. The summed E-state index contributed by atoms with van der Waals surface area (Å²) in [6, 6.07) is 5.79. The molecule has 1 rings (SSSR count). The second kappa shape index (κ2) is 8.05. The van der Waals surface area contributed by atoms with Gasteiger partial charge in [0, 0.05) is 12.3 Å². The number of halogens is 1. The first-order valence-electron chi connectivity index (χ1n) is 6.68. The Hall–Kier alpha value is -1.22. The van der Waals surface area contributed by atoms with Crippen LogP contribution in [0.15, 0.2) is 18.2 Å². The van der Waals surface area contributed by atoms with E-state index in [1.807, 2.05) is 39.0 Å². The molecule has 4 heteroatoms. The zero-order chi connectivity index (χ0) is 14.3. The number of hydrogen-bond acceptors (Lipinski definition) is 2. The van der Waals surface area contributed by atoms with E-state index in [0.29, 0.717) is 30.6 Å². The second-order valence-corrected chi connectivity index (χ2v) is 5.23. The largest absolute Gasteiger partial charge is 0.492 e. The Bertz CT molecular complexity index is 419. The standard InChI is InChI=1S/C15H22ClNO2/c1-4-19-14-10-12(7-8-16)5-6-13(14)17-15(18)9-11(2)3/h5-6,10-11H,4,7-9H2,1-3H3,(H,17,18). The molecule has 0 saturated carbocycles. The normalized spacial score (nSPS) is 10.6. The Morgan fingerprint density at radius 2 is 2.16 bits per heavy atom. The third-order valence-corrected chi connectivity index (χ3v) is 2.79. The van der Waals surface area contributed by atoms with Gasteiger partial charge in [-0.05, 0) is 37.0 Å². The fourth-order valence-corrected chi connectivity index (χ4v) is 2.00. The number of benzene rings is 1. The molecule has 106 valence electrons. The highest BCUT2D eigenvalue weighted by molar-refractivity contribution is 6.18. The van der Waals surface area contributed by atoms with Crippen LogP contribution >= 0.6 is 11.6 Å². The molecule has 0 saturated heterocycles. The van der Waals surface area contributed by atoms with E-state index in [4.69, 9.17) is 16.3 Å². The van der Waals surface area contributed by atoms with E-state index in [9.17, 15) is 4.79 Å². The van der Waals surface area contributed by atoms with E-state index < -0.39 is 0 Å². The van der Waals surface area contributed by atoms with Crippen molar-refractivity contribution in [3.8, 4) is 5.75 Å². The van der Waals surface area contributed by atoms with E-state index in [2.05, 4.69) is 5.32 Å². The number of aryl methyl sites for hydroxylation is 1. The fraction of sp³-hybridized carbons (Fsp3) is 0.533. The third-order valence-electron chi connectivity index (χ3n) is 2.60. The number of nitrogens with one attached hydrogen (secondary N) is 1. The smallest absolute Gasteiger partial charge is 0.224 e. The molecule has 0 heterocycles. The van der Waals surface area contributed by atoms with Crippen LogP contribution in [0.5, 0.6) is 5.75 Å². The van der Waals surface area contributed by atoms with Gasteiger partial charge in [-0.25, -0.2) is 0 Å². The average molecular weight is 284 g/mol. The lowest BCUT2D eigenvalue weighted by Gasteiger charge is -2.13. The minimum Gasteiger partial charge on any atom is -0.492 e. The maximum absolute atomic E-state index is 11.8. The van der Waals surface area contributed by atoms with Crippen LogP contribution in [0.2, 0.25) is 0 Å². The number of amides is 1. The highest BCUT2D eigenvalue weighted by Gasteiger charge is 2.10. The lowest BCUT2D eigenvalue weighted by molar-refractivity contribution is -0.116. The third kappa shape index (κ3) is 5.52. The van der Waals surface area contributed by atoms with Crippen LogP contribution in [0.3, 0.4) is 0 Å². The molecular formula is C15H22ClNO2. The Balaban J connectivity index is 2.83. The SMILES string of the molecule is CCOc1cc(CCCl)ccc1NC(=O)CC(C)C. The number of carbonyl (C=O) groups excluding carboxylic acids is 1. The zero-order valence-corrected chi connectivity index (χ0v) is 12.6. The molecular weight excluding hydrogens is 262 g/mol. The van der Waals surface area contributed by atoms with Gasteiger partial charge in [0.05, 0.1) is 12.3 Å². The molecule has 0 aliphatic carbocycles. The van der Waals surface area contributed by atoms with Crippen molar-refractivity contribution >= 4 is 23.2 Å². The van der Waals surface area contributed by atoms with Crippen LogP contribution in [0, 0.1) is 5.92 Å². The summed E-state index contributed by atoms with van der Waals surface area (Å²) in [5.74, 6) is 1.64. The first-order chi connectivity index (χ1) is 9.06. The Morgan fingerprint density at radius 1 is 1.42 bits per heavy atom. The summed E-state index contributed by atoms with van der Waals surface area (Å²) >= 11 is 5.74. The molecule has 0 aliphatic rings. The van der Waals surface area contributed by atoms with Gasteiger partial charge in [0.1, 0.15) is 5.75 Å². The number of carbonyl (C=O) groups is 1. The molecule has 0 radical (unpaired) electrons. The fourth-order valence-electron chi connectivity index (χ4n) is 1.78. The van der Waals surface area contributed by atoms with E-state index >= 15 is 0 Å². The van der Waals surface area contributed by atoms with Gasteiger partial charge in [-0.1, -0.05) is 19.9 Å². The summed E-state index contributed by atoms with van der Waals surface area (Å²) in [6.45, 7) is 6.53. The van der Waals surface area contributed by atoms with Gasteiger partial charge in [-0.15, -0.1) is 11.6 Å². The number of alkyl halides is 1. The van der Waals surface area contributed by atoms with Gasteiger partial charge >= 0.3 is 0 Å². The number of ether oxygens (including phenoxy) is 1. The second-order valence-electron chi connectivity index (χ2n) is 4.85. The maximum Gasteiger partial charge on any atom is 0.224 e. The quantitative estimate of drug-likeness (QED) is 0.772. The molecule has 0 unspecified atom stereocenters. The van der Waals surface area contributed by atoms with Crippen molar-refractivity contribution in [2.24, 2.45) is 5.92 Å². The van der Waals surface area contributed by atoms with Gasteiger partial charge in [0.25, 0.3) is 0 Å². The summed E-state index contributed by atoms with van der Waals surface area (Å²) in [5, 5.41) is 2.90. The average Bonchev–Trinajstić information content (AvgIpc) is 2.32. The number of anilines is 1. The first kappa shape index (κ1) is 15.8. The molecule has 3 nitrogen and oxygen atoms in total. The van der Waals surface area contributed by atoms with E-state index in [-0.39, 0.29) is 5.91 Å². The molecule has 0 fully saturated rings. The topological polar surface area (TPSA) is 38.3 Å². The summed E-state index contributed by atoms with van der Waals surface area (Å²) in [6.07, 6.45) is 1.30. The first-order valence-corrected chi connectivity index (χ1v) is 7.21. The molecule has 0 bridgehead atoms. The van der Waals surface area contributed by atoms with E-state index in [0.717, 1.165) is 17.7 Å². The maximum atomic E-state index is 11.8. The van der Waals surface area contributed by atoms with E-state index in [1.165, 1.54) is 0 Å². The van der Waals surface area contributed by atoms with Gasteiger partial charge in [0.2, 0.25) is 5.91 Å². The Morgan fingerprint density at radius 3 is 2.74 bits per heavy atom. The zero-order valence-electron chi connectivity index (χ0n) is 11.8. The molecule has 0 spiro atoms. The molecule has 0 atom stereocenters. The molecule has 1 aromatic rings. The molecule has 1 N–H and O–H groups in total. The Labute approximate surface area is 120 Å². The van der Waals surface area contributed by atoms with Crippen molar-refractivity contribution in [2.45, 2.75) is 33.6 Å². The van der Waals surface area contributed by atoms with E-state index in [1.54, 1.807) is 0 Å². The van der Waals surface area contributed by atoms with Crippen LogP contribution in [0.4, 0.5) is 5.69 Å². The molecule has 0 aliphatic heterocycles. The summed E-state index contributed by atoms with van der Waals surface area (Å²) in [4.78, 5) is 11.8. The van der Waals surface area contributed by atoms with Crippen LogP contribution in [0.1, 0.15) is 32.8 Å². The van der Waals surface area contributed by atoms with Crippen LogP contribution in [0.25, 0.3) is 0 Å². The molecule has 1 amide bonds. The summed E-state index contributed by atoms with van der Waals surface area (Å²) < 4.78 is 5.57. The van der Waals surface area contributed by atoms with Crippen LogP contribution in [-0.2, 0) is 11.2 Å². The predicted molar refractivity (Wildman–Crippen MR) is 80.1 cm³/mol. The van der Waals surface area contributed by atoms with Gasteiger partial charge in [0.15, 0.2) is 0 Å². The number of hydrogen-bond donors (Lipinski definition) is 1. The van der Waals surface area contributed by atoms with Crippen molar-refractivity contribution in [3.63, 3.8) is 0 Å². The molecule has 0 aromatic heterocycles. The molecule has 19 heavy (non-hydrogen) atoms. The summed E-state index contributed by atoms with van der Waals surface area (Å²) in [7, 11) is 0. The van der Waals surface area contributed by atoms with Crippen molar-refractivity contribution in [1.29, 1.82) is 0 Å². The highest BCUT2D eigenvalue weighted by Crippen LogP contribution is 2.26. The van der Waals surface area contributed by atoms with Crippen LogP contribution in [-0.4, -0.2) is 18.4 Å².